The lowest BCUT2D eigenvalue weighted by atomic mass is 10.1. The SMILES string of the molecule is CN(CCc1cccc[nH+]1)C(=O)Cn1cnc2scc(-c3ccccc3)c2c1=O. The molecule has 0 saturated carbocycles. The first-order chi connectivity index (χ1) is 14.1. The van der Waals surface area contributed by atoms with Gasteiger partial charge < -0.3 is 4.90 Å². The lowest BCUT2D eigenvalue weighted by Gasteiger charge is -2.16. The smallest absolute Gasteiger partial charge is 0.263 e. The number of thiophene rings is 1. The number of carbonyl (C=O) groups is 1. The molecule has 146 valence electrons. The molecular weight excluding hydrogens is 384 g/mol. The highest BCUT2D eigenvalue weighted by Gasteiger charge is 2.16. The van der Waals surface area contributed by atoms with Gasteiger partial charge in [0.1, 0.15) is 11.4 Å². The number of H-pyrrole nitrogens is 1. The fraction of sp³-hybridized carbons (Fsp3) is 0.182. The molecule has 0 atom stereocenters. The summed E-state index contributed by atoms with van der Waals surface area (Å²) in [5.41, 5.74) is 2.70. The molecule has 7 heteroatoms. The normalized spacial score (nSPS) is 10.9. The largest absolute Gasteiger partial charge is 0.344 e. The van der Waals surface area contributed by atoms with E-state index in [-0.39, 0.29) is 18.0 Å². The topological polar surface area (TPSA) is 69.3 Å². The number of pyridine rings is 1. The highest BCUT2D eigenvalue weighted by atomic mass is 32.1. The van der Waals surface area contributed by atoms with Crippen molar-refractivity contribution in [2.24, 2.45) is 0 Å². The van der Waals surface area contributed by atoms with Gasteiger partial charge in [-0.15, -0.1) is 11.3 Å². The fourth-order valence-corrected chi connectivity index (χ4v) is 4.08. The van der Waals surface area contributed by atoms with E-state index >= 15 is 0 Å². The van der Waals surface area contributed by atoms with E-state index in [9.17, 15) is 9.59 Å². The zero-order valence-electron chi connectivity index (χ0n) is 16.0. The predicted molar refractivity (Wildman–Crippen MR) is 114 cm³/mol. The zero-order chi connectivity index (χ0) is 20.2. The van der Waals surface area contributed by atoms with Crippen LogP contribution in [0.1, 0.15) is 5.69 Å². The quantitative estimate of drug-likeness (QED) is 0.495. The lowest BCUT2D eigenvalue weighted by molar-refractivity contribution is -0.390. The van der Waals surface area contributed by atoms with Crippen molar-refractivity contribution in [2.45, 2.75) is 13.0 Å². The third-order valence-electron chi connectivity index (χ3n) is 4.87. The molecule has 29 heavy (non-hydrogen) atoms. The molecule has 3 aromatic heterocycles. The summed E-state index contributed by atoms with van der Waals surface area (Å²) in [6.07, 6.45) is 4.05. The summed E-state index contributed by atoms with van der Waals surface area (Å²) in [5, 5.41) is 2.52. The van der Waals surface area contributed by atoms with Gasteiger partial charge in [-0.2, -0.15) is 0 Å². The monoisotopic (exact) mass is 405 g/mol. The molecule has 0 aliphatic heterocycles. The van der Waals surface area contributed by atoms with Crippen molar-refractivity contribution in [2.75, 3.05) is 13.6 Å². The number of fused-ring (bicyclic) bond motifs is 1. The Morgan fingerprint density at radius 2 is 1.97 bits per heavy atom. The number of likely N-dealkylation sites (N-methyl/N-ethyl adjacent to an activating group) is 1. The average Bonchev–Trinajstić information content (AvgIpc) is 3.20. The number of nitrogens with zero attached hydrogens (tertiary/aromatic N) is 3. The number of carbonyl (C=O) groups excluding carboxylic acids is 1. The second-order valence-electron chi connectivity index (χ2n) is 6.83. The van der Waals surface area contributed by atoms with E-state index in [2.05, 4.69) is 9.97 Å². The molecule has 0 fully saturated rings. The molecule has 0 saturated heterocycles. The second-order valence-corrected chi connectivity index (χ2v) is 7.68. The van der Waals surface area contributed by atoms with Gasteiger partial charge in [-0.25, -0.2) is 9.97 Å². The predicted octanol–water partition coefficient (Wildman–Crippen LogP) is 2.64. The summed E-state index contributed by atoms with van der Waals surface area (Å²) in [5.74, 6) is -0.124. The first-order valence-corrected chi connectivity index (χ1v) is 10.2. The van der Waals surface area contributed by atoms with Crippen LogP contribution >= 0.6 is 11.3 Å². The maximum atomic E-state index is 13.1. The van der Waals surface area contributed by atoms with Gasteiger partial charge in [0, 0.05) is 43.1 Å². The van der Waals surface area contributed by atoms with Gasteiger partial charge in [-0.05, 0) is 5.56 Å². The molecule has 6 nitrogen and oxygen atoms in total. The number of hydrogen-bond acceptors (Lipinski definition) is 4. The highest BCUT2D eigenvalue weighted by molar-refractivity contribution is 7.17. The van der Waals surface area contributed by atoms with E-state index in [4.69, 9.17) is 0 Å². The van der Waals surface area contributed by atoms with E-state index in [1.807, 2.05) is 60.1 Å². The van der Waals surface area contributed by atoms with Crippen LogP contribution in [-0.2, 0) is 17.8 Å². The van der Waals surface area contributed by atoms with Crippen molar-refractivity contribution in [1.29, 1.82) is 0 Å². The van der Waals surface area contributed by atoms with Crippen LogP contribution in [0.4, 0.5) is 0 Å². The number of amides is 1. The van der Waals surface area contributed by atoms with Crippen molar-refractivity contribution < 1.29 is 9.78 Å². The van der Waals surface area contributed by atoms with Gasteiger partial charge in [0.25, 0.3) is 5.56 Å². The molecule has 4 aromatic rings. The number of hydrogen-bond donors (Lipinski definition) is 0. The van der Waals surface area contributed by atoms with Gasteiger partial charge in [0.05, 0.1) is 11.7 Å². The van der Waals surface area contributed by atoms with Gasteiger partial charge in [-0.3, -0.25) is 14.2 Å². The third-order valence-corrected chi connectivity index (χ3v) is 5.75. The zero-order valence-corrected chi connectivity index (χ0v) is 16.9. The van der Waals surface area contributed by atoms with E-state index in [1.165, 1.54) is 22.2 Å². The molecule has 3 heterocycles. The fourth-order valence-electron chi connectivity index (χ4n) is 3.18. The molecule has 0 unspecified atom stereocenters. The molecule has 0 aliphatic rings. The van der Waals surface area contributed by atoms with E-state index in [0.29, 0.717) is 16.8 Å². The maximum Gasteiger partial charge on any atom is 0.263 e. The Morgan fingerprint density at radius 1 is 1.17 bits per heavy atom. The Hall–Kier alpha value is -3.32. The summed E-state index contributed by atoms with van der Waals surface area (Å²) in [7, 11) is 1.75. The second kappa shape index (κ2) is 8.36. The number of benzene rings is 1. The van der Waals surface area contributed by atoms with Crippen LogP contribution in [0.15, 0.2) is 71.2 Å². The summed E-state index contributed by atoms with van der Waals surface area (Å²) in [6, 6.07) is 15.6. The van der Waals surface area contributed by atoms with Crippen LogP contribution in [0, 0.1) is 0 Å². The molecule has 0 radical (unpaired) electrons. The van der Waals surface area contributed by atoms with Crippen molar-refractivity contribution in [3.63, 3.8) is 0 Å². The number of nitrogens with one attached hydrogen (secondary N) is 1. The molecule has 0 spiro atoms. The van der Waals surface area contributed by atoms with Crippen LogP contribution in [0.2, 0.25) is 0 Å². The van der Waals surface area contributed by atoms with Crippen LogP contribution in [0.5, 0.6) is 0 Å². The molecule has 1 aromatic carbocycles. The first kappa shape index (κ1) is 19.0. The lowest BCUT2D eigenvalue weighted by Crippen LogP contribution is -2.35. The molecular formula is C22H21N4O2S+. The summed E-state index contributed by atoms with van der Waals surface area (Å²) >= 11 is 1.44. The van der Waals surface area contributed by atoms with Crippen LogP contribution in [-0.4, -0.2) is 34.0 Å². The summed E-state index contributed by atoms with van der Waals surface area (Å²) < 4.78 is 1.40. The molecule has 0 aliphatic carbocycles. The Morgan fingerprint density at radius 3 is 2.72 bits per heavy atom. The van der Waals surface area contributed by atoms with E-state index in [0.717, 1.165) is 23.2 Å². The van der Waals surface area contributed by atoms with Crippen molar-refractivity contribution in [1.82, 2.24) is 14.5 Å². The molecule has 1 N–H and O–H groups in total. The Bertz CT molecular complexity index is 1190. The summed E-state index contributed by atoms with van der Waals surface area (Å²) in [4.78, 5) is 35.6. The van der Waals surface area contributed by atoms with Gasteiger partial charge in [0.15, 0.2) is 11.9 Å². The van der Waals surface area contributed by atoms with Crippen molar-refractivity contribution in [3.05, 3.63) is 82.5 Å². The van der Waals surface area contributed by atoms with Crippen molar-refractivity contribution >= 4 is 27.5 Å². The number of rotatable bonds is 6. The Labute approximate surface area is 172 Å². The minimum atomic E-state index is -0.187. The minimum Gasteiger partial charge on any atom is -0.344 e. The van der Waals surface area contributed by atoms with Crippen molar-refractivity contribution in [3.8, 4) is 11.1 Å². The number of aromatic amines is 1. The number of aromatic nitrogens is 3. The molecule has 0 bridgehead atoms. The van der Waals surface area contributed by atoms with Gasteiger partial charge >= 0.3 is 0 Å². The molecule has 1 amide bonds. The van der Waals surface area contributed by atoms with Crippen LogP contribution in [0.25, 0.3) is 21.3 Å². The average molecular weight is 406 g/mol. The van der Waals surface area contributed by atoms with Crippen LogP contribution in [0.3, 0.4) is 0 Å². The highest BCUT2D eigenvalue weighted by Crippen LogP contribution is 2.30. The van der Waals surface area contributed by atoms with Gasteiger partial charge in [0.2, 0.25) is 5.91 Å². The summed E-state index contributed by atoms with van der Waals surface area (Å²) in [6.45, 7) is 0.540. The maximum absolute atomic E-state index is 13.1. The Kier molecular flexibility index (Phi) is 5.48. The van der Waals surface area contributed by atoms with Gasteiger partial charge in [-0.1, -0.05) is 36.4 Å². The van der Waals surface area contributed by atoms with E-state index in [1.54, 1.807) is 11.9 Å². The van der Waals surface area contributed by atoms with Crippen LogP contribution < -0.4 is 10.5 Å². The first-order valence-electron chi connectivity index (χ1n) is 9.35. The van der Waals surface area contributed by atoms with E-state index < -0.39 is 0 Å². The standard InChI is InChI=1S/C22H20N4O2S/c1-25(12-10-17-9-5-6-11-23-17)19(27)13-26-15-24-21-20(22(26)28)18(14-29-21)16-7-3-2-4-8-16/h2-9,11,14-15H,10,12-13H2,1H3/p+1. The minimum absolute atomic E-state index is 0.0269. The Balaban J connectivity index is 1.54. The third kappa shape index (κ3) is 4.09. The molecule has 4 rings (SSSR count).